The van der Waals surface area contributed by atoms with E-state index in [-0.39, 0.29) is 0 Å². The van der Waals surface area contributed by atoms with Crippen LogP contribution in [0.1, 0.15) is 40.0 Å². The predicted molar refractivity (Wildman–Crippen MR) is 52.9 cm³/mol. The summed E-state index contributed by atoms with van der Waals surface area (Å²) in [6, 6.07) is 0. The second kappa shape index (κ2) is 2.90. The molecule has 0 spiro atoms. The van der Waals surface area contributed by atoms with E-state index >= 15 is 0 Å². The highest BCUT2D eigenvalue weighted by molar-refractivity contribution is 5.21. The van der Waals surface area contributed by atoms with Crippen molar-refractivity contribution in [3.8, 4) is 0 Å². The lowest BCUT2D eigenvalue weighted by Gasteiger charge is -2.39. The van der Waals surface area contributed by atoms with Crippen molar-refractivity contribution in [1.29, 1.82) is 0 Å². The van der Waals surface area contributed by atoms with Crippen LogP contribution in [-0.2, 0) is 0 Å². The molecule has 0 heteroatoms. The number of hydrogen-bond acceptors (Lipinski definition) is 0. The number of rotatable bonds is 0. The molecule has 4 atom stereocenters. The van der Waals surface area contributed by atoms with Gasteiger partial charge in [0.05, 0.1) is 0 Å². The summed E-state index contributed by atoms with van der Waals surface area (Å²) >= 11 is 0. The number of fused-ring (bicyclic) bond motifs is 1. The maximum atomic E-state index is 2.50. The molecular formula is C12H20. The highest BCUT2D eigenvalue weighted by atomic mass is 14.4. The normalized spacial score (nSPS) is 47.1. The van der Waals surface area contributed by atoms with Gasteiger partial charge in [-0.15, -0.1) is 0 Å². The molecular weight excluding hydrogens is 144 g/mol. The molecule has 1 saturated carbocycles. The summed E-state index contributed by atoms with van der Waals surface area (Å²) < 4.78 is 0. The van der Waals surface area contributed by atoms with Crippen molar-refractivity contribution in [2.45, 2.75) is 40.0 Å². The van der Waals surface area contributed by atoms with Gasteiger partial charge in [-0.1, -0.05) is 38.3 Å². The summed E-state index contributed by atoms with van der Waals surface area (Å²) in [7, 11) is 0. The molecule has 0 N–H and O–H groups in total. The van der Waals surface area contributed by atoms with E-state index in [4.69, 9.17) is 0 Å². The van der Waals surface area contributed by atoms with Crippen LogP contribution in [0.3, 0.4) is 0 Å². The Labute approximate surface area is 76.1 Å². The van der Waals surface area contributed by atoms with Crippen LogP contribution in [-0.4, -0.2) is 0 Å². The maximum absolute atomic E-state index is 2.50. The second-order valence-corrected chi connectivity index (χ2v) is 4.87. The fourth-order valence-corrected chi connectivity index (χ4v) is 3.13. The molecule has 2 aliphatic carbocycles. The van der Waals surface area contributed by atoms with Gasteiger partial charge in [-0.3, -0.25) is 0 Å². The molecule has 0 bridgehead atoms. The van der Waals surface area contributed by atoms with Crippen LogP contribution in [0.5, 0.6) is 0 Å². The molecule has 4 unspecified atom stereocenters. The Balaban J connectivity index is 2.15. The average molecular weight is 164 g/mol. The Kier molecular flexibility index (Phi) is 2.02. The zero-order chi connectivity index (χ0) is 8.72. The van der Waals surface area contributed by atoms with E-state index in [1.54, 1.807) is 5.57 Å². The molecule has 0 radical (unpaired) electrons. The first-order chi connectivity index (χ1) is 5.70. The van der Waals surface area contributed by atoms with Gasteiger partial charge in [0.25, 0.3) is 0 Å². The Morgan fingerprint density at radius 3 is 2.67 bits per heavy atom. The van der Waals surface area contributed by atoms with Crippen molar-refractivity contribution in [2.75, 3.05) is 0 Å². The van der Waals surface area contributed by atoms with Crippen molar-refractivity contribution >= 4 is 0 Å². The second-order valence-electron chi connectivity index (χ2n) is 4.87. The van der Waals surface area contributed by atoms with Gasteiger partial charge in [-0.25, -0.2) is 0 Å². The molecule has 0 aromatic heterocycles. The fraction of sp³-hybridized carbons (Fsp3) is 0.833. The molecule has 0 nitrogen and oxygen atoms in total. The number of hydrogen-bond donors (Lipinski definition) is 0. The minimum absolute atomic E-state index is 0.933. The standard InChI is InChI=1S/C12H20/c1-8-5-4-6-11-7-9(2)12(11)10(8)3/h7-8,10-12H,4-6H2,1-3H3. The van der Waals surface area contributed by atoms with Crippen LogP contribution in [0.2, 0.25) is 0 Å². The summed E-state index contributed by atoms with van der Waals surface area (Å²) in [5.74, 6) is 3.78. The molecule has 0 amide bonds. The van der Waals surface area contributed by atoms with Crippen LogP contribution >= 0.6 is 0 Å². The van der Waals surface area contributed by atoms with Gasteiger partial charge in [0, 0.05) is 0 Å². The molecule has 2 rings (SSSR count). The third-order valence-electron chi connectivity index (χ3n) is 4.12. The van der Waals surface area contributed by atoms with Crippen LogP contribution in [0, 0.1) is 23.7 Å². The van der Waals surface area contributed by atoms with Crippen molar-refractivity contribution in [1.82, 2.24) is 0 Å². The van der Waals surface area contributed by atoms with Crippen LogP contribution < -0.4 is 0 Å². The average Bonchev–Trinajstić information content (AvgIpc) is 2.10. The molecule has 0 saturated heterocycles. The first-order valence-corrected chi connectivity index (χ1v) is 5.38. The number of allylic oxidation sites excluding steroid dienone is 2. The van der Waals surface area contributed by atoms with E-state index in [2.05, 4.69) is 26.8 Å². The fourth-order valence-electron chi connectivity index (χ4n) is 3.13. The summed E-state index contributed by atoms with van der Waals surface area (Å²) in [5.41, 5.74) is 1.67. The van der Waals surface area contributed by atoms with Crippen molar-refractivity contribution in [2.24, 2.45) is 23.7 Å². The van der Waals surface area contributed by atoms with E-state index in [0.717, 1.165) is 23.7 Å². The van der Waals surface area contributed by atoms with E-state index < -0.39 is 0 Å². The summed E-state index contributed by atoms with van der Waals surface area (Å²) in [4.78, 5) is 0. The highest BCUT2D eigenvalue weighted by Gasteiger charge is 2.37. The molecule has 0 aromatic carbocycles. The first kappa shape index (κ1) is 8.34. The molecule has 68 valence electrons. The van der Waals surface area contributed by atoms with Crippen LogP contribution in [0.4, 0.5) is 0 Å². The summed E-state index contributed by atoms with van der Waals surface area (Å²) in [5, 5.41) is 0. The molecule has 0 aromatic rings. The van der Waals surface area contributed by atoms with Gasteiger partial charge in [0.2, 0.25) is 0 Å². The Hall–Kier alpha value is -0.260. The van der Waals surface area contributed by atoms with Crippen molar-refractivity contribution < 1.29 is 0 Å². The predicted octanol–water partition coefficient (Wildman–Crippen LogP) is 3.63. The van der Waals surface area contributed by atoms with Crippen molar-refractivity contribution in [3.05, 3.63) is 11.6 Å². The molecule has 2 aliphatic rings. The van der Waals surface area contributed by atoms with E-state index in [0.29, 0.717) is 0 Å². The molecule has 0 heterocycles. The van der Waals surface area contributed by atoms with Gasteiger partial charge in [-0.05, 0) is 37.0 Å². The molecule has 12 heavy (non-hydrogen) atoms. The third-order valence-corrected chi connectivity index (χ3v) is 4.12. The minimum Gasteiger partial charge on any atom is -0.0816 e. The smallest absolute Gasteiger partial charge is 0.0115 e. The van der Waals surface area contributed by atoms with Crippen molar-refractivity contribution in [3.63, 3.8) is 0 Å². The van der Waals surface area contributed by atoms with E-state index in [1.807, 2.05) is 0 Å². The highest BCUT2D eigenvalue weighted by Crippen LogP contribution is 2.47. The summed E-state index contributed by atoms with van der Waals surface area (Å²) in [6.45, 7) is 7.19. The maximum Gasteiger partial charge on any atom is -0.0115 e. The van der Waals surface area contributed by atoms with Gasteiger partial charge in [0.1, 0.15) is 0 Å². The lowest BCUT2D eigenvalue weighted by Crippen LogP contribution is -2.30. The zero-order valence-corrected chi connectivity index (χ0v) is 8.51. The first-order valence-electron chi connectivity index (χ1n) is 5.38. The quantitative estimate of drug-likeness (QED) is 0.479. The largest absolute Gasteiger partial charge is 0.0816 e. The monoisotopic (exact) mass is 164 g/mol. The Morgan fingerprint density at radius 1 is 1.25 bits per heavy atom. The van der Waals surface area contributed by atoms with Gasteiger partial charge >= 0.3 is 0 Å². The summed E-state index contributed by atoms with van der Waals surface area (Å²) in [6.07, 6.45) is 6.86. The van der Waals surface area contributed by atoms with Crippen LogP contribution in [0.15, 0.2) is 11.6 Å². The van der Waals surface area contributed by atoms with Gasteiger partial charge in [0.15, 0.2) is 0 Å². The van der Waals surface area contributed by atoms with Gasteiger partial charge in [-0.2, -0.15) is 0 Å². The lowest BCUT2D eigenvalue weighted by atomic mass is 9.66. The lowest BCUT2D eigenvalue weighted by molar-refractivity contribution is 0.239. The molecule has 1 fully saturated rings. The topological polar surface area (TPSA) is 0 Å². The molecule has 0 aliphatic heterocycles. The van der Waals surface area contributed by atoms with Gasteiger partial charge < -0.3 is 0 Å². The Morgan fingerprint density at radius 2 is 2.00 bits per heavy atom. The Bertz CT molecular complexity index is 202. The zero-order valence-electron chi connectivity index (χ0n) is 8.51. The third kappa shape index (κ3) is 1.12. The minimum atomic E-state index is 0.933. The van der Waals surface area contributed by atoms with E-state index in [1.165, 1.54) is 19.3 Å². The van der Waals surface area contributed by atoms with E-state index in [9.17, 15) is 0 Å². The SMILES string of the molecule is CC1=CC2CCCC(C)C(C)C12. The van der Waals surface area contributed by atoms with Crippen LogP contribution in [0.25, 0.3) is 0 Å².